The minimum absolute atomic E-state index is 0.165. The van der Waals surface area contributed by atoms with Crippen LogP contribution in [0.5, 0.6) is 0 Å². The molecule has 0 aliphatic carbocycles. The molecule has 1 aliphatic heterocycles. The Kier molecular flexibility index (Phi) is 2.20. The van der Waals surface area contributed by atoms with Gasteiger partial charge < -0.3 is 4.90 Å². The lowest BCUT2D eigenvalue weighted by molar-refractivity contribution is 0.563. The summed E-state index contributed by atoms with van der Waals surface area (Å²) >= 11 is 12.0. The first kappa shape index (κ1) is 10.1. The Bertz CT molecular complexity index is 385. The summed E-state index contributed by atoms with van der Waals surface area (Å²) in [5.41, 5.74) is 2.65. The zero-order valence-corrected chi connectivity index (χ0v) is 10.1. The smallest absolute Gasteiger partial charge is 0.0613 e. The fraction of sp³-hybridized carbons (Fsp3) is 0.455. The number of hydrogen-bond acceptors (Lipinski definition) is 1. The van der Waals surface area contributed by atoms with Gasteiger partial charge in [0.15, 0.2) is 0 Å². The fourth-order valence-electron chi connectivity index (χ4n) is 2.16. The van der Waals surface area contributed by atoms with Gasteiger partial charge in [0.05, 0.1) is 10.0 Å². The van der Waals surface area contributed by atoms with E-state index in [1.54, 1.807) is 0 Å². The second kappa shape index (κ2) is 3.04. The molecule has 0 unspecified atom stereocenters. The van der Waals surface area contributed by atoms with Gasteiger partial charge in [-0.05, 0) is 17.7 Å². The number of halogens is 2. The third-order valence-corrected chi connectivity index (χ3v) is 3.53. The van der Waals surface area contributed by atoms with Gasteiger partial charge in [0.2, 0.25) is 0 Å². The van der Waals surface area contributed by atoms with Gasteiger partial charge in [0.25, 0.3) is 0 Å². The number of hydrogen-bond donors (Lipinski definition) is 0. The highest BCUT2D eigenvalue weighted by Gasteiger charge is 2.33. The molecule has 0 saturated carbocycles. The quantitative estimate of drug-likeness (QED) is 0.656. The van der Waals surface area contributed by atoms with Crippen LogP contribution in [0.4, 0.5) is 5.69 Å². The molecule has 0 N–H and O–H groups in total. The number of likely N-dealkylation sites (N-methyl/N-ethyl adjacent to an activating group) is 1. The van der Waals surface area contributed by atoms with Gasteiger partial charge >= 0.3 is 0 Å². The van der Waals surface area contributed by atoms with Crippen LogP contribution in [-0.4, -0.2) is 13.6 Å². The minimum atomic E-state index is 0.165. The average molecular weight is 230 g/mol. The second-order valence-corrected chi connectivity index (χ2v) is 5.34. The standard InChI is InChI=1S/C11H13Cl2N/c1-11(2)6-14(3)10-5-9(13)8(12)4-7(10)11/h4-5H,6H2,1-3H3. The Morgan fingerprint density at radius 2 is 1.79 bits per heavy atom. The van der Waals surface area contributed by atoms with Gasteiger partial charge in [-0.1, -0.05) is 37.0 Å². The molecule has 0 amide bonds. The second-order valence-electron chi connectivity index (χ2n) is 4.52. The Hall–Kier alpha value is -0.400. The molecule has 1 heterocycles. The lowest BCUT2D eigenvalue weighted by atomic mass is 9.87. The Morgan fingerprint density at radius 1 is 1.21 bits per heavy atom. The van der Waals surface area contributed by atoms with Crippen LogP contribution in [0.25, 0.3) is 0 Å². The predicted octanol–water partition coefficient (Wildman–Crippen LogP) is 3.72. The Labute approximate surface area is 94.6 Å². The monoisotopic (exact) mass is 229 g/mol. The molecule has 1 nitrogen and oxygen atoms in total. The van der Waals surface area contributed by atoms with Crippen molar-refractivity contribution in [3.8, 4) is 0 Å². The summed E-state index contributed by atoms with van der Waals surface area (Å²) < 4.78 is 0. The molecule has 0 spiro atoms. The van der Waals surface area contributed by atoms with Crippen LogP contribution >= 0.6 is 23.2 Å². The highest BCUT2D eigenvalue weighted by molar-refractivity contribution is 6.42. The molecule has 1 aliphatic rings. The van der Waals surface area contributed by atoms with Gasteiger partial charge in [0.1, 0.15) is 0 Å². The Balaban J connectivity index is 2.64. The van der Waals surface area contributed by atoms with E-state index >= 15 is 0 Å². The van der Waals surface area contributed by atoms with Crippen molar-refractivity contribution in [3.05, 3.63) is 27.7 Å². The molecule has 0 atom stereocenters. The van der Waals surface area contributed by atoms with Crippen LogP contribution in [-0.2, 0) is 5.41 Å². The van der Waals surface area contributed by atoms with Crippen LogP contribution < -0.4 is 4.90 Å². The molecule has 0 bridgehead atoms. The van der Waals surface area contributed by atoms with Crippen LogP contribution in [0.15, 0.2) is 12.1 Å². The third-order valence-electron chi connectivity index (χ3n) is 2.81. The maximum absolute atomic E-state index is 6.02. The van der Waals surface area contributed by atoms with E-state index in [1.165, 1.54) is 11.3 Å². The van der Waals surface area contributed by atoms with Crippen LogP contribution in [0.1, 0.15) is 19.4 Å². The molecule has 0 fully saturated rings. The van der Waals surface area contributed by atoms with Crippen molar-refractivity contribution in [3.63, 3.8) is 0 Å². The van der Waals surface area contributed by atoms with Gasteiger partial charge in [-0.2, -0.15) is 0 Å². The van der Waals surface area contributed by atoms with Crippen molar-refractivity contribution in [2.75, 3.05) is 18.5 Å². The third kappa shape index (κ3) is 1.39. The molecule has 2 rings (SSSR count). The van der Waals surface area contributed by atoms with E-state index in [-0.39, 0.29) is 5.41 Å². The van der Waals surface area contributed by atoms with Crippen molar-refractivity contribution < 1.29 is 0 Å². The van der Waals surface area contributed by atoms with Gasteiger partial charge in [-0.25, -0.2) is 0 Å². The molecular weight excluding hydrogens is 217 g/mol. The zero-order chi connectivity index (χ0) is 10.5. The largest absolute Gasteiger partial charge is 0.373 e. The molecule has 14 heavy (non-hydrogen) atoms. The van der Waals surface area contributed by atoms with Gasteiger partial charge in [0, 0.05) is 24.7 Å². The van der Waals surface area contributed by atoms with Crippen LogP contribution in [0.2, 0.25) is 10.0 Å². The molecule has 0 radical (unpaired) electrons. The summed E-state index contributed by atoms with van der Waals surface area (Å²) in [5.74, 6) is 0. The number of benzene rings is 1. The van der Waals surface area contributed by atoms with Crippen molar-refractivity contribution in [2.24, 2.45) is 0 Å². The van der Waals surface area contributed by atoms with E-state index in [0.29, 0.717) is 10.0 Å². The minimum Gasteiger partial charge on any atom is -0.373 e. The van der Waals surface area contributed by atoms with E-state index in [1.807, 2.05) is 12.1 Å². The van der Waals surface area contributed by atoms with Crippen molar-refractivity contribution in [1.29, 1.82) is 0 Å². The van der Waals surface area contributed by atoms with Gasteiger partial charge in [-0.3, -0.25) is 0 Å². The summed E-state index contributed by atoms with van der Waals surface area (Å²) in [6.45, 7) is 5.46. The molecule has 1 aromatic carbocycles. The van der Waals surface area contributed by atoms with Crippen molar-refractivity contribution >= 4 is 28.9 Å². The van der Waals surface area contributed by atoms with E-state index in [0.717, 1.165) is 6.54 Å². The van der Waals surface area contributed by atoms with Crippen LogP contribution in [0.3, 0.4) is 0 Å². The Morgan fingerprint density at radius 3 is 2.43 bits per heavy atom. The number of rotatable bonds is 0. The SMILES string of the molecule is CN1CC(C)(C)c2cc(Cl)c(Cl)cc21. The summed E-state index contributed by atoms with van der Waals surface area (Å²) in [5, 5.41) is 1.28. The first-order valence-electron chi connectivity index (χ1n) is 4.62. The summed E-state index contributed by atoms with van der Waals surface area (Å²) in [7, 11) is 2.08. The average Bonchev–Trinajstić information content (AvgIpc) is 2.26. The zero-order valence-electron chi connectivity index (χ0n) is 8.56. The van der Waals surface area contributed by atoms with Crippen molar-refractivity contribution in [2.45, 2.75) is 19.3 Å². The van der Waals surface area contributed by atoms with Crippen molar-refractivity contribution in [1.82, 2.24) is 0 Å². The number of nitrogens with zero attached hydrogens (tertiary/aromatic N) is 1. The maximum Gasteiger partial charge on any atom is 0.0613 e. The predicted molar refractivity (Wildman–Crippen MR) is 62.8 cm³/mol. The summed E-state index contributed by atoms with van der Waals surface area (Å²) in [4.78, 5) is 2.22. The van der Waals surface area contributed by atoms with E-state index in [2.05, 4.69) is 25.8 Å². The van der Waals surface area contributed by atoms with E-state index < -0.39 is 0 Å². The molecule has 3 heteroatoms. The fourth-order valence-corrected chi connectivity index (χ4v) is 2.48. The molecule has 0 saturated heterocycles. The molecule has 0 aromatic heterocycles. The van der Waals surface area contributed by atoms with Crippen LogP contribution in [0, 0.1) is 0 Å². The lowest BCUT2D eigenvalue weighted by Gasteiger charge is -2.18. The topological polar surface area (TPSA) is 3.24 Å². The highest BCUT2D eigenvalue weighted by atomic mass is 35.5. The summed E-state index contributed by atoms with van der Waals surface area (Å²) in [6, 6.07) is 3.94. The first-order chi connectivity index (χ1) is 6.42. The molecular formula is C11H13Cl2N. The first-order valence-corrected chi connectivity index (χ1v) is 5.38. The van der Waals surface area contributed by atoms with E-state index in [9.17, 15) is 0 Å². The highest BCUT2D eigenvalue weighted by Crippen LogP contribution is 2.43. The summed E-state index contributed by atoms with van der Waals surface area (Å²) in [6.07, 6.45) is 0. The molecule has 76 valence electrons. The number of fused-ring (bicyclic) bond motifs is 1. The normalized spacial score (nSPS) is 18.5. The van der Waals surface area contributed by atoms with E-state index in [4.69, 9.17) is 23.2 Å². The molecule has 1 aromatic rings. The van der Waals surface area contributed by atoms with Gasteiger partial charge in [-0.15, -0.1) is 0 Å². The lowest BCUT2D eigenvalue weighted by Crippen LogP contribution is -2.24. The number of anilines is 1. The maximum atomic E-state index is 6.02.